The minimum atomic E-state index is -3.64. The van der Waals surface area contributed by atoms with Gasteiger partial charge in [0.05, 0.1) is 6.20 Å². The molecule has 2 aliphatic heterocycles. The summed E-state index contributed by atoms with van der Waals surface area (Å²) in [6.07, 6.45) is -4.70. The van der Waals surface area contributed by atoms with E-state index in [1.54, 1.807) is 13.0 Å². The third-order valence-electron chi connectivity index (χ3n) is 5.73. The maximum absolute atomic E-state index is 13.6. The Morgan fingerprint density at radius 3 is 2.69 bits per heavy atom. The number of ether oxygens (including phenoxy) is 2. The fourth-order valence-electron chi connectivity index (χ4n) is 3.78. The lowest BCUT2D eigenvalue weighted by molar-refractivity contribution is -0.419. The number of aliphatic hydroxyl groups is 3. The van der Waals surface area contributed by atoms with Gasteiger partial charge in [-0.25, -0.2) is 19.6 Å². The Morgan fingerprint density at radius 2 is 2.03 bits per heavy atom. The molecule has 206 valence electrons. The number of alkyl halides is 2. The summed E-state index contributed by atoms with van der Waals surface area (Å²) in [6.45, 7) is 1.76. The van der Waals surface area contributed by atoms with Gasteiger partial charge >= 0.3 is 6.16 Å². The van der Waals surface area contributed by atoms with Crippen molar-refractivity contribution in [2.24, 2.45) is 11.0 Å². The summed E-state index contributed by atoms with van der Waals surface area (Å²) in [5.74, 6) is 5.46. The minimum Gasteiger partial charge on any atom is -0.415 e. The molecule has 0 radical (unpaired) electrons. The fourth-order valence-corrected chi connectivity index (χ4v) is 4.49. The Hall–Kier alpha value is -3.36. The molecule has 2 fully saturated rings. The maximum atomic E-state index is 13.6. The summed E-state index contributed by atoms with van der Waals surface area (Å²) in [5.41, 5.74) is 8.37. The van der Waals surface area contributed by atoms with Crippen LogP contribution >= 0.6 is 11.8 Å². The van der Waals surface area contributed by atoms with Crippen LogP contribution in [0.4, 0.5) is 8.78 Å². The third kappa shape index (κ3) is 6.81. The van der Waals surface area contributed by atoms with Gasteiger partial charge in [-0.15, -0.1) is 0 Å². The lowest BCUT2D eigenvalue weighted by Crippen LogP contribution is -2.35. The van der Waals surface area contributed by atoms with Crippen molar-refractivity contribution in [3.8, 4) is 28.7 Å². The normalized spacial score (nSPS) is 22.6. The molecule has 0 bridgehead atoms. The van der Waals surface area contributed by atoms with Gasteiger partial charge in [0.15, 0.2) is 16.3 Å². The highest BCUT2D eigenvalue weighted by Crippen LogP contribution is 2.37. The number of amides is 1. The number of hydrogen-bond acceptors (Lipinski definition) is 12. The van der Waals surface area contributed by atoms with E-state index in [2.05, 4.69) is 43.5 Å². The summed E-state index contributed by atoms with van der Waals surface area (Å²) in [4.78, 5) is 17.0. The number of hydrogen-bond donors (Lipinski definition) is 7. The predicted molar refractivity (Wildman–Crippen MR) is 134 cm³/mol. The average molecular weight is 563 g/mol. The van der Waals surface area contributed by atoms with Gasteiger partial charge in [0.2, 0.25) is 0 Å². The van der Waals surface area contributed by atoms with Crippen molar-refractivity contribution >= 4 is 22.8 Å². The van der Waals surface area contributed by atoms with Gasteiger partial charge in [0.1, 0.15) is 18.1 Å². The Balaban J connectivity index is 1.50. The van der Waals surface area contributed by atoms with Crippen molar-refractivity contribution in [3.05, 3.63) is 47.3 Å². The molecule has 1 saturated carbocycles. The number of carbonyl (C=O) groups excluding carboxylic acids is 1. The molecular weight excluding hydrogens is 538 g/mol. The van der Waals surface area contributed by atoms with Crippen LogP contribution in [0, 0.1) is 17.8 Å². The minimum absolute atomic E-state index is 0.00394. The SMILES string of the molecule is CC1NNC(c2ccc(C(=O)NC3=NNC(C#CC4CC4)S3)c(-c3cc(C(F)F)ncc3OC(O)(O)O)c2)O1. The summed E-state index contributed by atoms with van der Waals surface area (Å²) in [5, 5.41) is 34.9. The number of rotatable bonds is 6. The van der Waals surface area contributed by atoms with Crippen LogP contribution in [-0.2, 0) is 4.74 Å². The number of aromatic nitrogens is 1. The van der Waals surface area contributed by atoms with Crippen LogP contribution in [0.3, 0.4) is 0 Å². The summed E-state index contributed by atoms with van der Waals surface area (Å²) in [7, 11) is 0. The second kappa shape index (κ2) is 11.0. The molecule has 7 N–H and O–H groups in total. The fraction of sp³-hybridized carbons (Fsp3) is 0.375. The van der Waals surface area contributed by atoms with Crippen molar-refractivity contribution in [3.63, 3.8) is 0 Å². The van der Waals surface area contributed by atoms with Gasteiger partial charge in [0, 0.05) is 17.0 Å². The van der Waals surface area contributed by atoms with Gasteiger partial charge in [-0.3, -0.25) is 20.5 Å². The Kier molecular flexibility index (Phi) is 7.69. The molecule has 3 atom stereocenters. The molecule has 3 unspecified atom stereocenters. The highest BCUT2D eigenvalue weighted by atomic mass is 32.2. The molecule has 1 aliphatic carbocycles. The smallest absolute Gasteiger partial charge is 0.415 e. The number of nitrogens with zero attached hydrogens (tertiary/aromatic N) is 2. The van der Waals surface area contributed by atoms with Crippen LogP contribution in [0.1, 0.15) is 54.0 Å². The number of hydrazone groups is 1. The average Bonchev–Trinajstić information content (AvgIpc) is 3.44. The molecule has 2 aromatic rings. The third-order valence-corrected chi connectivity index (χ3v) is 6.60. The number of halogens is 2. The van der Waals surface area contributed by atoms with Crippen LogP contribution in [0.25, 0.3) is 11.1 Å². The van der Waals surface area contributed by atoms with E-state index in [0.29, 0.717) is 11.5 Å². The number of amidine groups is 1. The molecule has 1 aromatic heterocycles. The van der Waals surface area contributed by atoms with Gasteiger partial charge in [-0.2, -0.15) is 5.10 Å². The van der Waals surface area contributed by atoms with E-state index in [9.17, 15) is 28.9 Å². The van der Waals surface area contributed by atoms with Crippen molar-refractivity contribution in [2.75, 3.05) is 0 Å². The maximum Gasteiger partial charge on any atom is 0.453 e. The summed E-state index contributed by atoms with van der Waals surface area (Å²) < 4.78 is 37.6. The van der Waals surface area contributed by atoms with Crippen LogP contribution in [0.15, 0.2) is 35.6 Å². The molecule has 0 spiro atoms. The number of nitrogens with one attached hydrogen (secondary N) is 4. The second-order valence-electron chi connectivity index (χ2n) is 8.90. The van der Waals surface area contributed by atoms with Crippen molar-refractivity contribution in [1.82, 2.24) is 26.6 Å². The van der Waals surface area contributed by atoms with Crippen LogP contribution in [0.2, 0.25) is 0 Å². The van der Waals surface area contributed by atoms with Crippen LogP contribution in [-0.4, -0.2) is 49.1 Å². The lowest BCUT2D eigenvalue weighted by Gasteiger charge is -2.21. The quantitative estimate of drug-likeness (QED) is 0.199. The standard InChI is InChI=1S/C24H24F2N6O6S/c1-11-29-31-22(37-11)13-5-6-14(21(33)28-23-32-30-19(39-23)7-4-12-2-3-12)15(8-13)16-9-17(20(25)26)27-10-18(16)38-24(34,35)36/h5-6,8-12,19-20,22,29-31,34-36H,2-3H2,1H3,(H,28,32,33). The van der Waals surface area contributed by atoms with Crippen molar-refractivity contribution in [1.29, 1.82) is 0 Å². The molecular formula is C24H24F2N6O6S. The van der Waals surface area contributed by atoms with E-state index < -0.39 is 36.2 Å². The number of hydrazine groups is 1. The van der Waals surface area contributed by atoms with Crippen molar-refractivity contribution in [2.45, 2.75) is 50.2 Å². The zero-order valence-corrected chi connectivity index (χ0v) is 21.1. The lowest BCUT2D eigenvalue weighted by atomic mass is 9.95. The molecule has 39 heavy (non-hydrogen) atoms. The van der Waals surface area contributed by atoms with Gasteiger partial charge in [0.25, 0.3) is 12.3 Å². The van der Waals surface area contributed by atoms with E-state index in [-0.39, 0.29) is 33.5 Å². The van der Waals surface area contributed by atoms with Crippen LogP contribution in [0.5, 0.6) is 5.75 Å². The summed E-state index contributed by atoms with van der Waals surface area (Å²) in [6, 6.07) is 5.47. The first-order valence-electron chi connectivity index (χ1n) is 11.8. The number of thioether (sulfide) groups is 1. The molecule has 1 saturated heterocycles. The highest BCUT2D eigenvalue weighted by molar-refractivity contribution is 8.14. The Labute approximate surface area is 225 Å². The Bertz CT molecular complexity index is 1360. The van der Waals surface area contributed by atoms with E-state index >= 15 is 0 Å². The first-order chi connectivity index (χ1) is 18.6. The van der Waals surface area contributed by atoms with Gasteiger partial charge in [-0.1, -0.05) is 17.9 Å². The predicted octanol–water partition coefficient (Wildman–Crippen LogP) is 1.20. The van der Waals surface area contributed by atoms with Gasteiger partial charge < -0.3 is 24.8 Å². The van der Waals surface area contributed by atoms with E-state index in [1.807, 2.05) is 0 Å². The monoisotopic (exact) mass is 562 g/mol. The number of carbonyl (C=O) groups is 1. The summed E-state index contributed by atoms with van der Waals surface area (Å²) >= 11 is 1.21. The topological polar surface area (TPSA) is 170 Å². The molecule has 1 aromatic carbocycles. The largest absolute Gasteiger partial charge is 0.453 e. The van der Waals surface area contributed by atoms with E-state index in [1.165, 1.54) is 23.9 Å². The first kappa shape index (κ1) is 27.2. The molecule has 12 nitrogen and oxygen atoms in total. The molecule has 3 heterocycles. The van der Waals surface area contributed by atoms with E-state index in [4.69, 9.17) is 9.47 Å². The van der Waals surface area contributed by atoms with E-state index in [0.717, 1.165) is 25.1 Å². The number of pyridine rings is 1. The van der Waals surface area contributed by atoms with Crippen molar-refractivity contribution < 1.29 is 38.4 Å². The van der Waals surface area contributed by atoms with Gasteiger partial charge in [-0.05, 0) is 60.9 Å². The first-order valence-corrected chi connectivity index (χ1v) is 12.7. The molecule has 3 aliphatic rings. The highest BCUT2D eigenvalue weighted by Gasteiger charge is 2.29. The molecule has 15 heteroatoms. The molecule has 1 amide bonds. The zero-order chi connectivity index (χ0) is 27.7. The zero-order valence-electron chi connectivity index (χ0n) is 20.3. The van der Waals surface area contributed by atoms with Crippen LogP contribution < -0.4 is 26.3 Å². The second-order valence-corrected chi connectivity index (χ2v) is 9.99. The molecule has 5 rings (SSSR count). The Morgan fingerprint density at radius 1 is 1.23 bits per heavy atom. The number of benzene rings is 1.